The number of benzene rings is 1. The maximum Gasteiger partial charge on any atom is 0.416 e. The summed E-state index contributed by atoms with van der Waals surface area (Å²) < 4.78 is 41.8. The molecule has 0 radical (unpaired) electrons. The normalized spacial score (nSPS) is 15.7. The number of nitrogens with zero attached hydrogens (tertiary/aromatic N) is 3. The lowest BCUT2D eigenvalue weighted by Gasteiger charge is -2.35. The molecule has 0 spiro atoms. The molecule has 0 N–H and O–H groups in total. The molecule has 1 aromatic heterocycles. The number of carbonyl (C=O) groups excluding carboxylic acids is 1. The second-order valence-electron chi connectivity index (χ2n) is 8.04. The molecule has 0 atom stereocenters. The van der Waals surface area contributed by atoms with Crippen LogP contribution < -0.4 is 0 Å². The van der Waals surface area contributed by atoms with Gasteiger partial charge in [-0.25, -0.2) is 4.98 Å². The number of aromatic nitrogens is 2. The SMILES string of the molecule is CC(C)C(=O)N(Cc1nccn1Cc1ccccc1C(F)(F)F)C1CCCCC1. The number of halogens is 3. The lowest BCUT2D eigenvalue weighted by atomic mass is 9.93. The first kappa shape index (κ1) is 21.4. The van der Waals surface area contributed by atoms with Crippen LogP contribution in [0.3, 0.4) is 0 Å². The highest BCUT2D eigenvalue weighted by Gasteiger charge is 2.33. The zero-order valence-corrected chi connectivity index (χ0v) is 17.0. The summed E-state index contributed by atoms with van der Waals surface area (Å²) in [7, 11) is 0. The van der Waals surface area contributed by atoms with E-state index in [0.717, 1.165) is 31.7 Å². The zero-order chi connectivity index (χ0) is 21.0. The minimum absolute atomic E-state index is 0.0688. The molecule has 1 saturated carbocycles. The van der Waals surface area contributed by atoms with Crippen molar-refractivity contribution in [2.75, 3.05) is 0 Å². The van der Waals surface area contributed by atoms with Gasteiger partial charge in [0, 0.05) is 30.9 Å². The van der Waals surface area contributed by atoms with Crippen LogP contribution in [-0.2, 0) is 24.1 Å². The Labute approximate surface area is 169 Å². The second-order valence-corrected chi connectivity index (χ2v) is 8.04. The van der Waals surface area contributed by atoms with E-state index in [4.69, 9.17) is 0 Å². The van der Waals surface area contributed by atoms with E-state index in [0.29, 0.717) is 12.4 Å². The van der Waals surface area contributed by atoms with Crippen LogP contribution in [-0.4, -0.2) is 26.4 Å². The molecule has 1 fully saturated rings. The van der Waals surface area contributed by atoms with Gasteiger partial charge in [-0.3, -0.25) is 4.79 Å². The summed E-state index contributed by atoms with van der Waals surface area (Å²) in [6, 6.07) is 5.77. The Morgan fingerprint density at radius 2 is 1.90 bits per heavy atom. The van der Waals surface area contributed by atoms with E-state index >= 15 is 0 Å². The molecule has 1 amide bonds. The van der Waals surface area contributed by atoms with Crippen molar-refractivity contribution in [2.45, 2.75) is 71.3 Å². The third-order valence-corrected chi connectivity index (χ3v) is 5.57. The number of carbonyl (C=O) groups is 1. The molecule has 0 unspecified atom stereocenters. The Morgan fingerprint density at radius 1 is 1.21 bits per heavy atom. The molecule has 1 aliphatic rings. The van der Waals surface area contributed by atoms with Gasteiger partial charge in [0.1, 0.15) is 5.82 Å². The predicted molar refractivity (Wildman–Crippen MR) is 105 cm³/mol. The van der Waals surface area contributed by atoms with Crippen LogP contribution >= 0.6 is 0 Å². The van der Waals surface area contributed by atoms with Gasteiger partial charge in [-0.2, -0.15) is 13.2 Å². The average molecular weight is 407 g/mol. The van der Waals surface area contributed by atoms with E-state index < -0.39 is 11.7 Å². The van der Waals surface area contributed by atoms with E-state index in [1.54, 1.807) is 23.0 Å². The molecule has 29 heavy (non-hydrogen) atoms. The molecule has 1 heterocycles. The maximum absolute atomic E-state index is 13.3. The Kier molecular flexibility index (Phi) is 6.65. The summed E-state index contributed by atoms with van der Waals surface area (Å²) in [5, 5.41) is 0. The van der Waals surface area contributed by atoms with E-state index in [-0.39, 0.29) is 30.0 Å². The van der Waals surface area contributed by atoms with E-state index in [9.17, 15) is 18.0 Å². The van der Waals surface area contributed by atoms with Gasteiger partial charge < -0.3 is 9.47 Å². The monoisotopic (exact) mass is 407 g/mol. The lowest BCUT2D eigenvalue weighted by molar-refractivity contribution is -0.139. The van der Waals surface area contributed by atoms with Gasteiger partial charge in [-0.05, 0) is 24.5 Å². The maximum atomic E-state index is 13.3. The minimum Gasteiger partial charge on any atom is -0.332 e. The lowest BCUT2D eigenvalue weighted by Crippen LogP contribution is -2.43. The van der Waals surface area contributed by atoms with Crippen molar-refractivity contribution >= 4 is 5.91 Å². The van der Waals surface area contributed by atoms with Crippen molar-refractivity contribution in [3.05, 3.63) is 53.6 Å². The highest BCUT2D eigenvalue weighted by molar-refractivity contribution is 5.78. The second kappa shape index (κ2) is 9.01. The number of imidazole rings is 1. The summed E-state index contributed by atoms with van der Waals surface area (Å²) in [6.07, 6.45) is 4.18. The molecule has 158 valence electrons. The van der Waals surface area contributed by atoms with Crippen LogP contribution in [0, 0.1) is 5.92 Å². The Balaban J connectivity index is 1.84. The fraction of sp³-hybridized carbons (Fsp3) is 0.545. The van der Waals surface area contributed by atoms with Crippen molar-refractivity contribution in [2.24, 2.45) is 5.92 Å². The van der Waals surface area contributed by atoms with Crippen LogP contribution in [0.5, 0.6) is 0 Å². The summed E-state index contributed by atoms with van der Waals surface area (Å²) in [5.41, 5.74) is -0.444. The van der Waals surface area contributed by atoms with Crippen molar-refractivity contribution in [1.82, 2.24) is 14.5 Å². The zero-order valence-electron chi connectivity index (χ0n) is 17.0. The van der Waals surface area contributed by atoms with Crippen LogP contribution in [0.2, 0.25) is 0 Å². The van der Waals surface area contributed by atoms with Gasteiger partial charge in [-0.15, -0.1) is 0 Å². The predicted octanol–water partition coefficient (Wildman–Crippen LogP) is 5.27. The minimum atomic E-state index is -4.40. The van der Waals surface area contributed by atoms with Crippen LogP contribution in [0.4, 0.5) is 13.2 Å². The molecule has 7 heteroatoms. The smallest absolute Gasteiger partial charge is 0.332 e. The quantitative estimate of drug-likeness (QED) is 0.654. The fourth-order valence-electron chi connectivity index (χ4n) is 4.02. The highest BCUT2D eigenvalue weighted by Crippen LogP contribution is 2.32. The van der Waals surface area contributed by atoms with Crippen LogP contribution in [0.25, 0.3) is 0 Å². The standard InChI is InChI=1S/C22H28F3N3O/c1-16(2)21(29)28(18-9-4-3-5-10-18)15-20-26-12-13-27(20)14-17-8-6-7-11-19(17)22(23,24)25/h6-8,11-13,16,18H,3-5,9-10,14-15H2,1-2H3. The summed E-state index contributed by atoms with van der Waals surface area (Å²) >= 11 is 0. The number of hydrogen-bond donors (Lipinski definition) is 0. The van der Waals surface area contributed by atoms with Gasteiger partial charge in [0.15, 0.2) is 0 Å². The number of amides is 1. The van der Waals surface area contributed by atoms with Gasteiger partial charge in [-0.1, -0.05) is 51.3 Å². The fourth-order valence-corrected chi connectivity index (χ4v) is 4.02. The summed E-state index contributed by atoms with van der Waals surface area (Å²) in [5.74, 6) is 0.551. The van der Waals surface area contributed by atoms with Crippen LogP contribution in [0.1, 0.15) is 62.9 Å². The van der Waals surface area contributed by atoms with Gasteiger partial charge in [0.25, 0.3) is 0 Å². The van der Waals surface area contributed by atoms with Crippen molar-refractivity contribution < 1.29 is 18.0 Å². The van der Waals surface area contributed by atoms with E-state index in [1.807, 2.05) is 18.7 Å². The number of alkyl halides is 3. The van der Waals surface area contributed by atoms with Crippen molar-refractivity contribution in [1.29, 1.82) is 0 Å². The van der Waals surface area contributed by atoms with Crippen molar-refractivity contribution in [3.8, 4) is 0 Å². The third-order valence-electron chi connectivity index (χ3n) is 5.57. The summed E-state index contributed by atoms with van der Waals surface area (Å²) in [4.78, 5) is 19.1. The Hall–Kier alpha value is -2.31. The molecule has 1 aromatic carbocycles. The van der Waals surface area contributed by atoms with Crippen molar-refractivity contribution in [3.63, 3.8) is 0 Å². The molecule has 2 aromatic rings. The largest absolute Gasteiger partial charge is 0.416 e. The first-order chi connectivity index (χ1) is 13.8. The van der Waals surface area contributed by atoms with Gasteiger partial charge >= 0.3 is 6.18 Å². The molecule has 0 aliphatic heterocycles. The van der Waals surface area contributed by atoms with E-state index in [2.05, 4.69) is 4.98 Å². The Morgan fingerprint density at radius 3 is 2.55 bits per heavy atom. The number of hydrogen-bond acceptors (Lipinski definition) is 2. The molecular weight excluding hydrogens is 379 g/mol. The molecule has 4 nitrogen and oxygen atoms in total. The molecular formula is C22H28F3N3O. The molecule has 0 bridgehead atoms. The average Bonchev–Trinajstić information content (AvgIpc) is 3.12. The highest BCUT2D eigenvalue weighted by atomic mass is 19.4. The third kappa shape index (κ3) is 5.19. The first-order valence-electron chi connectivity index (χ1n) is 10.2. The topological polar surface area (TPSA) is 38.1 Å². The molecule has 1 aliphatic carbocycles. The number of rotatable bonds is 6. The van der Waals surface area contributed by atoms with Gasteiger partial charge in [0.2, 0.25) is 5.91 Å². The van der Waals surface area contributed by atoms with Crippen LogP contribution in [0.15, 0.2) is 36.7 Å². The van der Waals surface area contributed by atoms with Gasteiger partial charge in [0.05, 0.1) is 12.1 Å². The molecule has 3 rings (SSSR count). The first-order valence-corrected chi connectivity index (χ1v) is 10.2. The van der Waals surface area contributed by atoms with E-state index in [1.165, 1.54) is 18.6 Å². The summed E-state index contributed by atoms with van der Waals surface area (Å²) in [6.45, 7) is 4.15. The molecule has 0 saturated heterocycles. The Bertz CT molecular complexity index is 823.